The molecule has 0 aliphatic carbocycles. The minimum atomic E-state index is -0.510. The number of nitrogens with zero attached hydrogens (tertiary/aromatic N) is 3. The quantitative estimate of drug-likeness (QED) is 0.405. The highest BCUT2D eigenvalue weighted by atomic mass is 35.5. The Bertz CT molecular complexity index is 1160. The number of hydrogen-bond donors (Lipinski definition) is 2. The van der Waals surface area contributed by atoms with E-state index in [0.29, 0.717) is 40.4 Å². The molecule has 1 aliphatic heterocycles. The van der Waals surface area contributed by atoms with E-state index in [-0.39, 0.29) is 0 Å². The third-order valence-electron chi connectivity index (χ3n) is 5.07. The van der Waals surface area contributed by atoms with Gasteiger partial charge in [-0.2, -0.15) is 0 Å². The number of urea groups is 1. The highest BCUT2D eigenvalue weighted by Gasteiger charge is 2.19. The van der Waals surface area contributed by atoms with Gasteiger partial charge in [0.1, 0.15) is 16.0 Å². The first-order valence-electron chi connectivity index (χ1n) is 10.2. The van der Waals surface area contributed by atoms with Gasteiger partial charge in [0, 0.05) is 29.9 Å². The number of carbonyl (C=O) groups is 2. The first kappa shape index (κ1) is 23.0. The Kier molecular flexibility index (Phi) is 7.07. The lowest BCUT2D eigenvalue weighted by Crippen LogP contribution is -2.37. The van der Waals surface area contributed by atoms with Crippen molar-refractivity contribution in [2.45, 2.75) is 6.92 Å². The van der Waals surface area contributed by atoms with Crippen molar-refractivity contribution in [1.29, 1.82) is 0 Å². The lowest BCUT2D eigenvalue weighted by atomic mass is 10.2. The number of thiophene rings is 1. The highest BCUT2D eigenvalue weighted by Crippen LogP contribution is 2.29. The number of carbonyl (C=O) groups excluding carboxylic acids is 2. The largest absolute Gasteiger partial charge is 0.465 e. The SMILES string of the molecule is COC(=O)c1ccsc1NC(=O)Nc1ccc(-c2nc(Cl)c(C)c(N3CCOCC3)n2)cc1. The fourth-order valence-electron chi connectivity index (χ4n) is 3.34. The van der Waals surface area contributed by atoms with Crippen LogP contribution in [0.3, 0.4) is 0 Å². The Labute approximate surface area is 199 Å². The van der Waals surface area contributed by atoms with Crippen LogP contribution in [0.1, 0.15) is 15.9 Å². The van der Waals surface area contributed by atoms with E-state index in [1.807, 2.05) is 19.1 Å². The molecule has 1 aromatic carbocycles. The van der Waals surface area contributed by atoms with Crippen LogP contribution in [-0.2, 0) is 9.47 Å². The fraction of sp³-hybridized carbons (Fsp3) is 0.273. The molecule has 0 saturated carbocycles. The van der Waals surface area contributed by atoms with Crippen molar-refractivity contribution >= 4 is 51.4 Å². The van der Waals surface area contributed by atoms with Gasteiger partial charge in [0.25, 0.3) is 0 Å². The predicted molar refractivity (Wildman–Crippen MR) is 129 cm³/mol. The molecule has 0 radical (unpaired) electrons. The van der Waals surface area contributed by atoms with Crippen molar-refractivity contribution in [1.82, 2.24) is 9.97 Å². The van der Waals surface area contributed by atoms with Gasteiger partial charge in [0.15, 0.2) is 5.82 Å². The van der Waals surface area contributed by atoms with E-state index in [1.165, 1.54) is 18.4 Å². The van der Waals surface area contributed by atoms with Gasteiger partial charge >= 0.3 is 12.0 Å². The van der Waals surface area contributed by atoms with Gasteiger partial charge in [0.05, 0.1) is 25.9 Å². The summed E-state index contributed by atoms with van der Waals surface area (Å²) in [5.74, 6) is 0.792. The molecule has 0 spiro atoms. The molecule has 9 nitrogen and oxygen atoms in total. The van der Waals surface area contributed by atoms with E-state index in [4.69, 9.17) is 26.1 Å². The molecule has 0 bridgehead atoms. The number of methoxy groups -OCH3 is 1. The van der Waals surface area contributed by atoms with E-state index >= 15 is 0 Å². The van der Waals surface area contributed by atoms with Crippen molar-refractivity contribution in [3.8, 4) is 11.4 Å². The predicted octanol–water partition coefficient (Wildman–Crippen LogP) is 4.43. The second kappa shape index (κ2) is 10.2. The molecule has 3 heterocycles. The van der Waals surface area contributed by atoms with Gasteiger partial charge in [-0.05, 0) is 42.6 Å². The average Bonchev–Trinajstić information content (AvgIpc) is 3.29. The first-order chi connectivity index (χ1) is 16.0. The summed E-state index contributed by atoms with van der Waals surface area (Å²) >= 11 is 7.63. The molecule has 2 amide bonds. The van der Waals surface area contributed by atoms with Crippen LogP contribution in [0.5, 0.6) is 0 Å². The number of rotatable bonds is 5. The Balaban J connectivity index is 1.47. The number of benzene rings is 1. The minimum Gasteiger partial charge on any atom is -0.465 e. The van der Waals surface area contributed by atoms with Crippen molar-refractivity contribution in [3.05, 3.63) is 52.0 Å². The Morgan fingerprint density at radius 3 is 2.55 bits per heavy atom. The number of ether oxygens (including phenoxy) is 2. The molecule has 0 atom stereocenters. The molecule has 11 heteroatoms. The second-order valence-corrected chi connectivity index (χ2v) is 8.47. The molecule has 1 aliphatic rings. The third kappa shape index (κ3) is 5.24. The van der Waals surface area contributed by atoms with Crippen LogP contribution in [0.4, 0.5) is 21.3 Å². The zero-order valence-corrected chi connectivity index (χ0v) is 19.6. The van der Waals surface area contributed by atoms with E-state index in [2.05, 4.69) is 20.5 Å². The second-order valence-electron chi connectivity index (χ2n) is 7.20. The van der Waals surface area contributed by atoms with Crippen LogP contribution in [0.25, 0.3) is 11.4 Å². The summed E-state index contributed by atoms with van der Waals surface area (Å²) in [6, 6.07) is 8.24. The van der Waals surface area contributed by atoms with Crippen LogP contribution in [0.2, 0.25) is 5.15 Å². The monoisotopic (exact) mass is 487 g/mol. The van der Waals surface area contributed by atoms with Crippen molar-refractivity contribution in [2.24, 2.45) is 0 Å². The zero-order chi connectivity index (χ0) is 23.4. The maximum Gasteiger partial charge on any atom is 0.340 e. The summed E-state index contributed by atoms with van der Waals surface area (Å²) in [4.78, 5) is 35.4. The number of halogens is 1. The molecule has 33 heavy (non-hydrogen) atoms. The van der Waals surface area contributed by atoms with Crippen LogP contribution in [0, 0.1) is 6.92 Å². The fourth-order valence-corrected chi connectivity index (χ4v) is 4.27. The molecule has 1 saturated heterocycles. The van der Waals surface area contributed by atoms with Crippen molar-refractivity contribution in [2.75, 3.05) is 48.9 Å². The van der Waals surface area contributed by atoms with Gasteiger partial charge in [-0.15, -0.1) is 11.3 Å². The summed E-state index contributed by atoms with van der Waals surface area (Å²) in [7, 11) is 1.29. The average molecular weight is 488 g/mol. The van der Waals surface area contributed by atoms with E-state index < -0.39 is 12.0 Å². The molecule has 1 fully saturated rings. The van der Waals surface area contributed by atoms with E-state index in [0.717, 1.165) is 30.0 Å². The smallest absolute Gasteiger partial charge is 0.340 e. The molecule has 3 aromatic rings. The molecule has 172 valence electrons. The topological polar surface area (TPSA) is 106 Å². The normalized spacial score (nSPS) is 13.5. The Morgan fingerprint density at radius 2 is 1.85 bits per heavy atom. The molecule has 2 N–H and O–H groups in total. The van der Waals surface area contributed by atoms with Crippen LogP contribution in [0.15, 0.2) is 35.7 Å². The first-order valence-corrected chi connectivity index (χ1v) is 11.4. The number of hydrogen-bond acceptors (Lipinski definition) is 8. The summed E-state index contributed by atoms with van der Waals surface area (Å²) in [6.07, 6.45) is 0. The van der Waals surface area contributed by atoms with Crippen molar-refractivity contribution in [3.63, 3.8) is 0 Å². The molecule has 4 rings (SSSR count). The molecular formula is C22H22ClN5O4S. The third-order valence-corrected chi connectivity index (χ3v) is 6.27. The summed E-state index contributed by atoms with van der Waals surface area (Å²) < 4.78 is 10.1. The lowest BCUT2D eigenvalue weighted by molar-refractivity contribution is 0.0602. The number of morpholine rings is 1. The summed E-state index contributed by atoms with van der Waals surface area (Å²) in [5.41, 5.74) is 2.47. The number of aromatic nitrogens is 2. The Morgan fingerprint density at radius 1 is 1.12 bits per heavy atom. The van der Waals surface area contributed by atoms with Gasteiger partial charge < -0.3 is 19.7 Å². The molecule has 2 aromatic heterocycles. The van der Waals surface area contributed by atoms with Gasteiger partial charge in [-0.25, -0.2) is 19.6 Å². The number of nitrogens with one attached hydrogen (secondary N) is 2. The van der Waals surface area contributed by atoms with Crippen LogP contribution < -0.4 is 15.5 Å². The number of anilines is 3. The maximum absolute atomic E-state index is 12.4. The maximum atomic E-state index is 12.4. The van der Waals surface area contributed by atoms with Gasteiger partial charge in [0.2, 0.25) is 0 Å². The number of amides is 2. The van der Waals surface area contributed by atoms with Crippen LogP contribution in [-0.4, -0.2) is 55.4 Å². The highest BCUT2D eigenvalue weighted by molar-refractivity contribution is 7.14. The van der Waals surface area contributed by atoms with Gasteiger partial charge in [-0.3, -0.25) is 5.32 Å². The zero-order valence-electron chi connectivity index (χ0n) is 18.1. The summed E-state index contributed by atoms with van der Waals surface area (Å²) in [6.45, 7) is 4.68. The number of esters is 1. The van der Waals surface area contributed by atoms with E-state index in [9.17, 15) is 9.59 Å². The standard InChI is InChI=1S/C22H22ClN5O4S/c1-13-17(23)25-18(26-19(13)28-8-10-32-11-9-28)14-3-5-15(6-4-14)24-22(30)27-20-16(7-12-33-20)21(29)31-2/h3-7,12H,8-11H2,1-2H3,(H2,24,27,30). The summed E-state index contributed by atoms with van der Waals surface area (Å²) in [5, 5.41) is 7.93. The molecular weight excluding hydrogens is 466 g/mol. The van der Waals surface area contributed by atoms with E-state index in [1.54, 1.807) is 23.6 Å². The van der Waals surface area contributed by atoms with Crippen LogP contribution >= 0.6 is 22.9 Å². The van der Waals surface area contributed by atoms with Gasteiger partial charge in [-0.1, -0.05) is 11.6 Å². The minimum absolute atomic E-state index is 0.303. The molecule has 0 unspecified atom stereocenters. The Hall–Kier alpha value is -3.21. The van der Waals surface area contributed by atoms with Crippen molar-refractivity contribution < 1.29 is 19.1 Å². The lowest BCUT2D eigenvalue weighted by Gasteiger charge is -2.29.